The largest absolute Gasteiger partial charge is 0.322 e. The Kier molecular flexibility index (Phi) is 5.32. The second-order valence-corrected chi connectivity index (χ2v) is 9.08. The highest BCUT2D eigenvalue weighted by Crippen LogP contribution is 2.27. The van der Waals surface area contributed by atoms with Crippen LogP contribution in [0.1, 0.15) is 0 Å². The molecule has 0 fully saturated rings. The van der Waals surface area contributed by atoms with Crippen molar-refractivity contribution in [1.29, 1.82) is 0 Å². The third kappa shape index (κ3) is 3.92. The summed E-state index contributed by atoms with van der Waals surface area (Å²) < 4.78 is 39.7. The van der Waals surface area contributed by atoms with Gasteiger partial charge in [-0.3, -0.25) is 4.79 Å². The van der Waals surface area contributed by atoms with Crippen molar-refractivity contribution in [2.45, 2.75) is 4.21 Å². The maximum absolute atomic E-state index is 13.4. The summed E-state index contributed by atoms with van der Waals surface area (Å²) in [6.07, 6.45) is 0. The van der Waals surface area contributed by atoms with Crippen molar-refractivity contribution in [3.8, 4) is 0 Å². The van der Waals surface area contributed by atoms with Gasteiger partial charge in [0, 0.05) is 7.05 Å². The summed E-state index contributed by atoms with van der Waals surface area (Å²) in [5.74, 6) is -1.20. The summed E-state index contributed by atoms with van der Waals surface area (Å²) in [6, 6.07) is 8.75. The van der Waals surface area contributed by atoms with E-state index in [2.05, 4.69) is 21.2 Å². The van der Waals surface area contributed by atoms with Crippen molar-refractivity contribution < 1.29 is 17.6 Å². The van der Waals surface area contributed by atoms with E-state index in [1.54, 1.807) is 12.1 Å². The van der Waals surface area contributed by atoms with Gasteiger partial charge in [0.25, 0.3) is 10.0 Å². The lowest BCUT2D eigenvalue weighted by molar-refractivity contribution is -0.116. The van der Waals surface area contributed by atoms with E-state index in [0.717, 1.165) is 15.6 Å². The normalized spacial score (nSPS) is 11.6. The monoisotopic (exact) mass is 406 g/mol. The van der Waals surface area contributed by atoms with E-state index in [0.29, 0.717) is 3.79 Å². The first-order chi connectivity index (χ1) is 10.3. The van der Waals surface area contributed by atoms with Crippen molar-refractivity contribution >= 4 is 48.9 Å². The molecule has 0 aliphatic carbocycles. The van der Waals surface area contributed by atoms with Gasteiger partial charge in [-0.05, 0) is 40.2 Å². The highest BCUT2D eigenvalue weighted by molar-refractivity contribution is 9.11. The molecule has 0 atom stereocenters. The first-order valence-electron chi connectivity index (χ1n) is 6.07. The van der Waals surface area contributed by atoms with Crippen molar-refractivity contribution in [2.24, 2.45) is 0 Å². The number of anilines is 1. The smallest absolute Gasteiger partial charge is 0.252 e. The van der Waals surface area contributed by atoms with E-state index in [-0.39, 0.29) is 9.90 Å². The molecule has 1 amide bonds. The number of carbonyl (C=O) groups is 1. The zero-order chi connectivity index (χ0) is 16.3. The van der Waals surface area contributed by atoms with E-state index >= 15 is 0 Å². The summed E-state index contributed by atoms with van der Waals surface area (Å²) in [6.45, 7) is -0.411. The Balaban J connectivity index is 2.07. The molecule has 1 aromatic carbocycles. The molecule has 1 aromatic heterocycles. The summed E-state index contributed by atoms with van der Waals surface area (Å²) in [4.78, 5) is 11.9. The summed E-state index contributed by atoms with van der Waals surface area (Å²) in [7, 11) is -2.45. The zero-order valence-corrected chi connectivity index (χ0v) is 14.6. The summed E-state index contributed by atoms with van der Waals surface area (Å²) >= 11 is 4.24. The van der Waals surface area contributed by atoms with E-state index in [9.17, 15) is 17.6 Å². The van der Waals surface area contributed by atoms with Crippen LogP contribution in [0.3, 0.4) is 0 Å². The molecule has 2 aromatic rings. The number of para-hydroxylation sites is 1. The first-order valence-corrected chi connectivity index (χ1v) is 9.11. The van der Waals surface area contributed by atoms with Crippen molar-refractivity contribution in [3.63, 3.8) is 0 Å². The number of carbonyl (C=O) groups excluding carboxylic acids is 1. The van der Waals surface area contributed by atoms with Crippen LogP contribution in [0.25, 0.3) is 0 Å². The van der Waals surface area contributed by atoms with Gasteiger partial charge in [-0.25, -0.2) is 12.8 Å². The molecule has 1 heterocycles. The molecule has 118 valence electrons. The number of hydrogen-bond acceptors (Lipinski definition) is 4. The average Bonchev–Trinajstić information content (AvgIpc) is 2.88. The third-order valence-electron chi connectivity index (χ3n) is 2.73. The molecule has 0 aliphatic rings. The molecule has 0 spiro atoms. The van der Waals surface area contributed by atoms with Crippen molar-refractivity contribution in [1.82, 2.24) is 4.31 Å². The van der Waals surface area contributed by atoms with Gasteiger partial charge < -0.3 is 5.32 Å². The molecular formula is C13H12BrFN2O3S2. The van der Waals surface area contributed by atoms with Crippen LogP contribution in [0.4, 0.5) is 10.1 Å². The van der Waals surface area contributed by atoms with Gasteiger partial charge >= 0.3 is 0 Å². The Morgan fingerprint density at radius 2 is 2.00 bits per heavy atom. The van der Waals surface area contributed by atoms with Crippen molar-refractivity contribution in [2.75, 3.05) is 18.9 Å². The average molecular weight is 407 g/mol. The third-order valence-corrected chi connectivity index (χ3v) is 6.62. The van der Waals surface area contributed by atoms with Gasteiger partial charge in [0.15, 0.2) is 0 Å². The fraction of sp³-hybridized carbons (Fsp3) is 0.154. The van der Waals surface area contributed by atoms with Crippen LogP contribution in [0, 0.1) is 5.82 Å². The number of thiophene rings is 1. The quantitative estimate of drug-likeness (QED) is 0.829. The lowest BCUT2D eigenvalue weighted by atomic mass is 10.3. The van der Waals surface area contributed by atoms with Crippen LogP contribution in [0.15, 0.2) is 44.4 Å². The van der Waals surface area contributed by atoms with E-state index < -0.39 is 28.3 Å². The molecule has 0 bridgehead atoms. The number of sulfonamides is 1. The lowest BCUT2D eigenvalue weighted by Crippen LogP contribution is -2.34. The Morgan fingerprint density at radius 3 is 2.59 bits per heavy atom. The van der Waals surface area contributed by atoms with Gasteiger partial charge in [0.05, 0.1) is 16.0 Å². The number of likely N-dealkylation sites (N-methyl/N-ethyl adjacent to an activating group) is 1. The minimum atomic E-state index is -3.75. The highest BCUT2D eigenvalue weighted by Gasteiger charge is 2.24. The Labute approximate surface area is 139 Å². The first kappa shape index (κ1) is 17.1. The van der Waals surface area contributed by atoms with Gasteiger partial charge in [-0.1, -0.05) is 12.1 Å². The van der Waals surface area contributed by atoms with Crippen LogP contribution in [0.2, 0.25) is 0 Å². The fourth-order valence-corrected chi connectivity index (χ4v) is 4.98. The Morgan fingerprint density at radius 1 is 1.32 bits per heavy atom. The Hall–Kier alpha value is -1.29. The molecule has 9 heteroatoms. The van der Waals surface area contributed by atoms with E-state index in [1.807, 2.05) is 0 Å². The van der Waals surface area contributed by atoms with E-state index in [4.69, 9.17) is 0 Å². The molecule has 0 unspecified atom stereocenters. The predicted molar refractivity (Wildman–Crippen MR) is 86.9 cm³/mol. The second kappa shape index (κ2) is 6.86. The Bertz CT molecular complexity index is 792. The minimum Gasteiger partial charge on any atom is -0.322 e. The fourth-order valence-electron chi connectivity index (χ4n) is 1.63. The molecule has 22 heavy (non-hydrogen) atoms. The van der Waals surface area contributed by atoms with Gasteiger partial charge in [0.2, 0.25) is 5.91 Å². The van der Waals surface area contributed by atoms with Crippen LogP contribution in [0.5, 0.6) is 0 Å². The number of benzene rings is 1. The van der Waals surface area contributed by atoms with Gasteiger partial charge in [-0.15, -0.1) is 11.3 Å². The number of hydrogen-bond donors (Lipinski definition) is 1. The SMILES string of the molecule is CN(CC(=O)Nc1ccccc1F)S(=O)(=O)c1ccc(Br)s1. The highest BCUT2D eigenvalue weighted by atomic mass is 79.9. The van der Waals surface area contributed by atoms with Crippen LogP contribution < -0.4 is 5.32 Å². The van der Waals surface area contributed by atoms with Crippen LogP contribution in [-0.2, 0) is 14.8 Å². The molecule has 0 saturated heterocycles. The maximum atomic E-state index is 13.4. The molecule has 2 rings (SSSR count). The lowest BCUT2D eigenvalue weighted by Gasteiger charge is -2.15. The molecule has 5 nitrogen and oxygen atoms in total. The van der Waals surface area contributed by atoms with Crippen molar-refractivity contribution in [3.05, 3.63) is 46.0 Å². The van der Waals surface area contributed by atoms with Gasteiger partial charge in [-0.2, -0.15) is 4.31 Å². The predicted octanol–water partition coefficient (Wildman–Crippen LogP) is 2.91. The molecular weight excluding hydrogens is 395 g/mol. The topological polar surface area (TPSA) is 66.5 Å². The van der Waals surface area contributed by atoms with Crippen LogP contribution >= 0.6 is 27.3 Å². The van der Waals surface area contributed by atoms with Gasteiger partial charge in [0.1, 0.15) is 10.0 Å². The van der Waals surface area contributed by atoms with Crippen LogP contribution in [-0.4, -0.2) is 32.2 Å². The number of amides is 1. The molecule has 0 radical (unpaired) electrons. The number of nitrogens with zero attached hydrogens (tertiary/aromatic N) is 1. The number of nitrogens with one attached hydrogen (secondary N) is 1. The second-order valence-electron chi connectivity index (χ2n) is 4.35. The molecule has 1 N–H and O–H groups in total. The number of rotatable bonds is 5. The standard InChI is InChI=1S/C13H12BrFN2O3S2/c1-17(22(19,20)13-7-6-11(14)21-13)8-12(18)16-10-5-3-2-4-9(10)15/h2-7H,8H2,1H3,(H,16,18). The molecule has 0 aliphatic heterocycles. The number of halogens is 2. The van der Waals surface area contributed by atoms with E-state index in [1.165, 1.54) is 31.3 Å². The molecule has 0 saturated carbocycles. The summed E-state index contributed by atoms with van der Waals surface area (Å²) in [5, 5.41) is 2.34. The maximum Gasteiger partial charge on any atom is 0.252 e. The minimum absolute atomic E-state index is 0.0113. The summed E-state index contributed by atoms with van der Waals surface area (Å²) in [5.41, 5.74) is 0.0113. The zero-order valence-electron chi connectivity index (χ0n) is 11.4.